The Kier molecular flexibility index (Phi) is 3.97. The van der Waals surface area contributed by atoms with E-state index >= 15 is 0 Å². The number of piperazine rings is 1. The van der Waals surface area contributed by atoms with Crippen LogP contribution in [0.5, 0.6) is 0 Å². The fourth-order valence-electron chi connectivity index (χ4n) is 2.44. The van der Waals surface area contributed by atoms with Gasteiger partial charge < -0.3 is 15.0 Å². The van der Waals surface area contributed by atoms with Gasteiger partial charge in [-0.25, -0.2) is 0 Å². The van der Waals surface area contributed by atoms with Crippen LogP contribution in [-0.4, -0.2) is 74.9 Å². The van der Waals surface area contributed by atoms with Gasteiger partial charge in [0.1, 0.15) is 0 Å². The third-order valence-electron chi connectivity index (χ3n) is 3.26. The topological polar surface area (TPSA) is 27.7 Å². The molecule has 1 N–H and O–H groups in total. The Morgan fingerprint density at radius 2 is 2.20 bits per heavy atom. The molecule has 15 heavy (non-hydrogen) atoms. The van der Waals surface area contributed by atoms with Gasteiger partial charge in [-0.1, -0.05) is 0 Å². The quantitative estimate of drug-likeness (QED) is 0.676. The molecule has 2 rings (SSSR count). The summed E-state index contributed by atoms with van der Waals surface area (Å²) in [4.78, 5) is 4.88. The van der Waals surface area contributed by atoms with Gasteiger partial charge >= 0.3 is 0 Å². The van der Waals surface area contributed by atoms with Gasteiger partial charge in [0.25, 0.3) is 0 Å². The Labute approximate surface area is 92.6 Å². The van der Waals surface area contributed by atoms with E-state index in [1.807, 2.05) is 0 Å². The summed E-state index contributed by atoms with van der Waals surface area (Å²) in [6, 6.07) is 0.625. The van der Waals surface area contributed by atoms with Crippen molar-refractivity contribution in [1.82, 2.24) is 15.1 Å². The molecule has 2 heterocycles. The van der Waals surface area contributed by atoms with Crippen LogP contribution >= 0.6 is 0 Å². The van der Waals surface area contributed by atoms with Gasteiger partial charge in [-0.2, -0.15) is 0 Å². The van der Waals surface area contributed by atoms with Crippen LogP contribution in [0.2, 0.25) is 0 Å². The maximum absolute atomic E-state index is 5.78. The lowest BCUT2D eigenvalue weighted by molar-refractivity contribution is -0.0383. The van der Waals surface area contributed by atoms with Crippen molar-refractivity contribution in [3.63, 3.8) is 0 Å². The van der Waals surface area contributed by atoms with Crippen molar-refractivity contribution in [2.75, 3.05) is 52.9 Å². The second-order valence-corrected chi connectivity index (χ2v) is 4.87. The summed E-state index contributed by atoms with van der Waals surface area (Å²) in [7, 11) is 2.18. The molecule has 2 fully saturated rings. The van der Waals surface area contributed by atoms with E-state index in [1.165, 1.54) is 0 Å². The van der Waals surface area contributed by atoms with E-state index in [4.69, 9.17) is 4.74 Å². The summed E-state index contributed by atoms with van der Waals surface area (Å²) >= 11 is 0. The Balaban J connectivity index is 1.75. The first-order valence-electron chi connectivity index (χ1n) is 6.00. The first-order valence-corrected chi connectivity index (χ1v) is 6.00. The number of nitrogens with zero attached hydrogens (tertiary/aromatic N) is 2. The molecule has 4 nitrogen and oxygen atoms in total. The standard InChI is InChI=1S/C11H23N3O/c1-10-7-14(4-3-12-10)9-11-8-13(2)5-6-15-11/h10-12H,3-9H2,1-2H3. The van der Waals surface area contributed by atoms with Gasteiger partial charge in [0.05, 0.1) is 12.7 Å². The van der Waals surface area contributed by atoms with Crippen molar-refractivity contribution in [1.29, 1.82) is 0 Å². The second-order valence-electron chi connectivity index (χ2n) is 4.87. The molecule has 0 bridgehead atoms. The first kappa shape index (κ1) is 11.3. The molecule has 0 aromatic rings. The summed E-state index contributed by atoms with van der Waals surface area (Å²) in [5.41, 5.74) is 0. The summed E-state index contributed by atoms with van der Waals surface area (Å²) in [5.74, 6) is 0. The Bertz CT molecular complexity index is 180. The van der Waals surface area contributed by atoms with E-state index in [0.717, 1.165) is 45.9 Å². The van der Waals surface area contributed by atoms with E-state index in [2.05, 4.69) is 29.1 Å². The predicted molar refractivity (Wildman–Crippen MR) is 61.1 cm³/mol. The maximum atomic E-state index is 5.78. The van der Waals surface area contributed by atoms with Crippen LogP contribution in [0.4, 0.5) is 0 Å². The van der Waals surface area contributed by atoms with Gasteiger partial charge in [-0.15, -0.1) is 0 Å². The number of hydrogen-bond acceptors (Lipinski definition) is 4. The van der Waals surface area contributed by atoms with Gasteiger partial charge in [0.15, 0.2) is 0 Å². The van der Waals surface area contributed by atoms with Crippen LogP contribution in [0.25, 0.3) is 0 Å². The monoisotopic (exact) mass is 213 g/mol. The van der Waals surface area contributed by atoms with Gasteiger partial charge in [-0.3, -0.25) is 4.90 Å². The van der Waals surface area contributed by atoms with Crippen molar-refractivity contribution in [3.05, 3.63) is 0 Å². The molecular weight excluding hydrogens is 190 g/mol. The number of rotatable bonds is 2. The molecule has 88 valence electrons. The van der Waals surface area contributed by atoms with Crippen LogP contribution in [0, 0.1) is 0 Å². The highest BCUT2D eigenvalue weighted by Gasteiger charge is 2.23. The highest BCUT2D eigenvalue weighted by atomic mass is 16.5. The third-order valence-corrected chi connectivity index (χ3v) is 3.26. The molecule has 0 aromatic carbocycles. The molecule has 0 aliphatic carbocycles. The molecule has 2 unspecified atom stereocenters. The molecule has 0 radical (unpaired) electrons. The van der Waals surface area contributed by atoms with Crippen LogP contribution in [0.1, 0.15) is 6.92 Å². The van der Waals surface area contributed by atoms with Gasteiger partial charge in [0, 0.05) is 45.3 Å². The average Bonchev–Trinajstić information content (AvgIpc) is 2.17. The number of ether oxygens (including phenoxy) is 1. The third kappa shape index (κ3) is 3.41. The molecule has 0 aromatic heterocycles. The van der Waals surface area contributed by atoms with Crippen LogP contribution < -0.4 is 5.32 Å². The molecular formula is C11H23N3O. The average molecular weight is 213 g/mol. The Morgan fingerprint density at radius 1 is 1.33 bits per heavy atom. The molecule has 0 spiro atoms. The molecule has 2 aliphatic heterocycles. The SMILES string of the molecule is CC1CN(CC2CN(C)CCO2)CCN1. The van der Waals surface area contributed by atoms with Gasteiger partial charge in [-0.05, 0) is 14.0 Å². The van der Waals surface area contributed by atoms with Crippen molar-refractivity contribution in [2.24, 2.45) is 0 Å². The van der Waals surface area contributed by atoms with E-state index < -0.39 is 0 Å². The fourth-order valence-corrected chi connectivity index (χ4v) is 2.44. The second kappa shape index (κ2) is 5.25. The normalized spacial score (nSPS) is 35.6. The maximum Gasteiger partial charge on any atom is 0.0829 e. The Hall–Kier alpha value is -0.160. The number of morpholine rings is 1. The van der Waals surface area contributed by atoms with Crippen molar-refractivity contribution < 1.29 is 4.74 Å². The lowest BCUT2D eigenvalue weighted by Gasteiger charge is -2.37. The van der Waals surface area contributed by atoms with E-state index in [1.54, 1.807) is 0 Å². The minimum absolute atomic E-state index is 0.411. The molecule has 0 saturated carbocycles. The number of likely N-dealkylation sites (N-methyl/N-ethyl adjacent to an activating group) is 1. The van der Waals surface area contributed by atoms with Crippen molar-refractivity contribution in [2.45, 2.75) is 19.1 Å². The number of nitrogens with one attached hydrogen (secondary N) is 1. The summed E-state index contributed by atoms with van der Waals surface area (Å²) in [6.07, 6.45) is 0.411. The minimum Gasteiger partial charge on any atom is -0.374 e. The smallest absolute Gasteiger partial charge is 0.0829 e. The summed E-state index contributed by atoms with van der Waals surface area (Å²) in [5, 5.41) is 3.47. The lowest BCUT2D eigenvalue weighted by Crippen LogP contribution is -2.53. The zero-order valence-electron chi connectivity index (χ0n) is 9.91. The molecule has 4 heteroatoms. The first-order chi connectivity index (χ1) is 7.24. The Morgan fingerprint density at radius 3 is 2.93 bits per heavy atom. The highest BCUT2D eigenvalue weighted by molar-refractivity contribution is 4.79. The molecule has 2 aliphatic rings. The highest BCUT2D eigenvalue weighted by Crippen LogP contribution is 2.07. The molecule has 0 amide bonds. The van der Waals surface area contributed by atoms with Gasteiger partial charge in [0.2, 0.25) is 0 Å². The van der Waals surface area contributed by atoms with Crippen molar-refractivity contribution >= 4 is 0 Å². The van der Waals surface area contributed by atoms with Crippen LogP contribution in [0.15, 0.2) is 0 Å². The van der Waals surface area contributed by atoms with Crippen LogP contribution in [0.3, 0.4) is 0 Å². The minimum atomic E-state index is 0.411. The van der Waals surface area contributed by atoms with E-state index in [9.17, 15) is 0 Å². The lowest BCUT2D eigenvalue weighted by atomic mass is 10.2. The number of hydrogen-bond donors (Lipinski definition) is 1. The van der Waals surface area contributed by atoms with E-state index in [-0.39, 0.29) is 0 Å². The zero-order chi connectivity index (χ0) is 10.7. The van der Waals surface area contributed by atoms with E-state index in [0.29, 0.717) is 12.1 Å². The summed E-state index contributed by atoms with van der Waals surface area (Å²) < 4.78 is 5.78. The predicted octanol–water partition coefficient (Wildman–Crippen LogP) is -0.389. The molecule has 2 atom stereocenters. The zero-order valence-corrected chi connectivity index (χ0v) is 9.91. The molecule has 2 saturated heterocycles. The largest absolute Gasteiger partial charge is 0.374 e. The summed E-state index contributed by atoms with van der Waals surface area (Å²) in [6.45, 7) is 9.83. The fraction of sp³-hybridized carbons (Fsp3) is 1.00. The van der Waals surface area contributed by atoms with Crippen molar-refractivity contribution in [3.8, 4) is 0 Å². The van der Waals surface area contributed by atoms with Crippen LogP contribution in [-0.2, 0) is 4.74 Å².